The molecular formula is C17H25N3OS. The van der Waals surface area contributed by atoms with E-state index in [2.05, 4.69) is 11.1 Å². The van der Waals surface area contributed by atoms with Crippen molar-refractivity contribution >= 4 is 17.7 Å². The normalized spacial score (nSPS) is 12.4. The van der Waals surface area contributed by atoms with Gasteiger partial charge in [0.25, 0.3) is 0 Å². The zero-order valence-corrected chi connectivity index (χ0v) is 15.3. The lowest BCUT2D eigenvalue weighted by Crippen LogP contribution is -2.45. The second-order valence-corrected chi connectivity index (χ2v) is 7.40. The minimum atomic E-state index is -0.273. The second-order valence-electron chi connectivity index (χ2n) is 6.07. The molecule has 0 fully saturated rings. The number of nitrogens with zero attached hydrogens (tertiary/aromatic N) is 3. The van der Waals surface area contributed by atoms with Crippen LogP contribution in [0.3, 0.4) is 0 Å². The Bertz CT molecular complexity index is 582. The molecule has 120 valence electrons. The van der Waals surface area contributed by atoms with Gasteiger partial charge >= 0.3 is 0 Å². The Morgan fingerprint density at radius 3 is 2.23 bits per heavy atom. The molecule has 4 nitrogen and oxygen atoms in total. The van der Waals surface area contributed by atoms with Gasteiger partial charge in [0.1, 0.15) is 11.1 Å². The number of amides is 1. The van der Waals surface area contributed by atoms with E-state index < -0.39 is 0 Å². The summed E-state index contributed by atoms with van der Waals surface area (Å²) < 4.78 is 0. The zero-order valence-electron chi connectivity index (χ0n) is 14.5. The van der Waals surface area contributed by atoms with Gasteiger partial charge in [-0.3, -0.25) is 4.79 Å². The van der Waals surface area contributed by atoms with Crippen molar-refractivity contribution in [2.24, 2.45) is 0 Å². The van der Waals surface area contributed by atoms with Crippen LogP contribution in [0.5, 0.6) is 0 Å². The lowest BCUT2D eigenvalue weighted by atomic mass is 10.1. The summed E-state index contributed by atoms with van der Waals surface area (Å²) in [6.45, 7) is 13.8. The Labute approximate surface area is 137 Å². The van der Waals surface area contributed by atoms with Gasteiger partial charge in [-0.15, -0.1) is 0 Å². The molecule has 5 heteroatoms. The number of pyridine rings is 1. The highest BCUT2D eigenvalue weighted by atomic mass is 32.2. The average Bonchev–Trinajstić information content (AvgIpc) is 2.37. The number of aromatic nitrogens is 1. The summed E-state index contributed by atoms with van der Waals surface area (Å²) in [6.07, 6.45) is 0. The van der Waals surface area contributed by atoms with Crippen molar-refractivity contribution in [1.29, 1.82) is 5.26 Å². The number of carbonyl (C=O) groups is 1. The van der Waals surface area contributed by atoms with Gasteiger partial charge in [0, 0.05) is 17.8 Å². The molecule has 0 radical (unpaired) electrons. The molecule has 0 saturated heterocycles. The van der Waals surface area contributed by atoms with Crippen molar-refractivity contribution < 1.29 is 4.79 Å². The third-order valence-electron chi connectivity index (χ3n) is 3.43. The van der Waals surface area contributed by atoms with Crippen molar-refractivity contribution in [3.05, 3.63) is 22.9 Å². The van der Waals surface area contributed by atoms with E-state index >= 15 is 0 Å². The summed E-state index contributed by atoms with van der Waals surface area (Å²) in [6, 6.07) is 4.40. The van der Waals surface area contributed by atoms with Gasteiger partial charge in [-0.05, 0) is 60.1 Å². The number of hydrogen-bond acceptors (Lipinski definition) is 4. The van der Waals surface area contributed by atoms with Gasteiger partial charge in [-0.2, -0.15) is 5.26 Å². The molecule has 0 aliphatic carbocycles. The van der Waals surface area contributed by atoms with Gasteiger partial charge in [0.15, 0.2) is 0 Å². The van der Waals surface area contributed by atoms with E-state index in [1.165, 1.54) is 11.8 Å². The van der Waals surface area contributed by atoms with Crippen LogP contribution in [0.1, 0.15) is 51.4 Å². The minimum absolute atomic E-state index is 0.0832. The van der Waals surface area contributed by atoms with Crippen LogP contribution in [0, 0.1) is 25.2 Å². The summed E-state index contributed by atoms with van der Waals surface area (Å²) >= 11 is 1.37. The zero-order chi connectivity index (χ0) is 17.0. The van der Waals surface area contributed by atoms with Gasteiger partial charge in [-0.1, -0.05) is 11.8 Å². The summed E-state index contributed by atoms with van der Waals surface area (Å²) in [5, 5.41) is 9.70. The fourth-order valence-corrected chi connectivity index (χ4v) is 3.64. The predicted molar refractivity (Wildman–Crippen MR) is 90.9 cm³/mol. The summed E-state index contributed by atoms with van der Waals surface area (Å²) in [5.41, 5.74) is 2.33. The quantitative estimate of drug-likeness (QED) is 0.777. The molecule has 1 heterocycles. The first-order chi connectivity index (χ1) is 10.2. The first kappa shape index (κ1) is 18.5. The molecule has 0 bridgehead atoms. The third-order valence-corrected chi connectivity index (χ3v) is 4.50. The highest BCUT2D eigenvalue weighted by Gasteiger charge is 2.27. The van der Waals surface area contributed by atoms with Crippen LogP contribution in [0.25, 0.3) is 0 Å². The smallest absolute Gasteiger partial charge is 0.236 e. The van der Waals surface area contributed by atoms with E-state index in [0.717, 1.165) is 11.3 Å². The molecule has 1 aromatic rings. The maximum absolute atomic E-state index is 12.7. The van der Waals surface area contributed by atoms with Crippen molar-refractivity contribution in [1.82, 2.24) is 9.88 Å². The molecule has 1 rings (SSSR count). The first-order valence-electron chi connectivity index (χ1n) is 7.56. The van der Waals surface area contributed by atoms with E-state index in [4.69, 9.17) is 0 Å². The van der Waals surface area contributed by atoms with Crippen LogP contribution in [0.15, 0.2) is 11.1 Å². The monoisotopic (exact) mass is 319 g/mol. The lowest BCUT2D eigenvalue weighted by Gasteiger charge is -2.32. The van der Waals surface area contributed by atoms with E-state index in [1.54, 1.807) is 0 Å². The Hall–Kier alpha value is -1.54. The fourth-order valence-electron chi connectivity index (χ4n) is 2.56. The molecular weight excluding hydrogens is 294 g/mol. The van der Waals surface area contributed by atoms with Gasteiger partial charge in [0.05, 0.1) is 10.8 Å². The van der Waals surface area contributed by atoms with Gasteiger partial charge in [0.2, 0.25) is 5.91 Å². The van der Waals surface area contributed by atoms with Crippen molar-refractivity contribution in [2.45, 2.75) is 70.8 Å². The molecule has 0 aliphatic heterocycles. The topological polar surface area (TPSA) is 57.0 Å². The number of nitriles is 1. The summed E-state index contributed by atoms with van der Waals surface area (Å²) in [7, 11) is 0. The SMILES string of the molecule is Cc1cc(C)c(C#N)c(SC(C)C(=O)N(C(C)C)C(C)C)n1. The second kappa shape index (κ2) is 7.64. The maximum Gasteiger partial charge on any atom is 0.236 e. The molecule has 0 spiro atoms. The standard InChI is InChI=1S/C17H25N3OS/c1-10(2)20(11(3)4)17(21)14(7)22-16-15(9-18)12(5)8-13(6)19-16/h8,10-11,14H,1-7H3. The molecule has 0 aromatic carbocycles. The number of carbonyl (C=O) groups excluding carboxylic acids is 1. The van der Waals surface area contributed by atoms with E-state index in [-0.39, 0.29) is 23.2 Å². The number of hydrogen-bond donors (Lipinski definition) is 0. The molecule has 1 aromatic heterocycles. The Morgan fingerprint density at radius 2 is 1.77 bits per heavy atom. The minimum Gasteiger partial charge on any atom is -0.337 e. The van der Waals surface area contributed by atoms with E-state index in [0.29, 0.717) is 10.6 Å². The molecule has 0 aliphatic rings. The van der Waals surface area contributed by atoms with Crippen LogP contribution < -0.4 is 0 Å². The molecule has 1 amide bonds. The van der Waals surface area contributed by atoms with Crippen LogP contribution in [-0.2, 0) is 4.79 Å². The van der Waals surface area contributed by atoms with Crippen LogP contribution >= 0.6 is 11.8 Å². The molecule has 1 unspecified atom stereocenters. The van der Waals surface area contributed by atoms with E-state index in [9.17, 15) is 10.1 Å². The Balaban J connectivity index is 3.05. The largest absolute Gasteiger partial charge is 0.337 e. The van der Waals surface area contributed by atoms with Crippen LogP contribution in [-0.4, -0.2) is 33.1 Å². The highest BCUT2D eigenvalue weighted by molar-refractivity contribution is 8.00. The molecule has 0 N–H and O–H groups in total. The summed E-state index contributed by atoms with van der Waals surface area (Å²) in [5.74, 6) is 0.0832. The average molecular weight is 319 g/mol. The molecule has 0 saturated carbocycles. The van der Waals surface area contributed by atoms with Gasteiger partial charge < -0.3 is 4.90 Å². The van der Waals surface area contributed by atoms with Crippen molar-refractivity contribution in [3.63, 3.8) is 0 Å². The van der Waals surface area contributed by atoms with Crippen molar-refractivity contribution in [3.8, 4) is 6.07 Å². The first-order valence-corrected chi connectivity index (χ1v) is 8.44. The van der Waals surface area contributed by atoms with Crippen LogP contribution in [0.2, 0.25) is 0 Å². The molecule has 22 heavy (non-hydrogen) atoms. The third kappa shape index (κ3) is 4.23. The van der Waals surface area contributed by atoms with E-state index in [1.807, 2.05) is 59.4 Å². The number of rotatable bonds is 5. The van der Waals surface area contributed by atoms with Crippen molar-refractivity contribution in [2.75, 3.05) is 0 Å². The molecule has 1 atom stereocenters. The Morgan fingerprint density at radius 1 is 1.23 bits per heavy atom. The van der Waals surface area contributed by atoms with Gasteiger partial charge in [-0.25, -0.2) is 4.98 Å². The number of thioether (sulfide) groups is 1. The lowest BCUT2D eigenvalue weighted by molar-refractivity contribution is -0.133. The predicted octanol–water partition coefficient (Wildman–Crippen LogP) is 3.70. The maximum atomic E-state index is 12.7. The Kier molecular flexibility index (Phi) is 6.43. The highest BCUT2D eigenvalue weighted by Crippen LogP contribution is 2.29. The number of aryl methyl sites for hydroxylation is 2. The van der Waals surface area contributed by atoms with Crippen LogP contribution in [0.4, 0.5) is 0 Å². The summed E-state index contributed by atoms with van der Waals surface area (Å²) in [4.78, 5) is 19.0. The fraction of sp³-hybridized carbons (Fsp3) is 0.588.